The number of carbonyl (C=O) groups is 1. The number of rotatable bonds is 4. The van der Waals surface area contributed by atoms with E-state index in [9.17, 15) is 9.90 Å². The Labute approximate surface area is 148 Å². The highest BCUT2D eigenvalue weighted by Gasteiger charge is 2.13. The number of fused-ring (bicyclic) bond motifs is 1. The zero-order valence-electron chi connectivity index (χ0n) is 13.5. The summed E-state index contributed by atoms with van der Waals surface area (Å²) in [5.74, 6) is 0.556. The molecule has 4 aromatic rings. The van der Waals surface area contributed by atoms with Gasteiger partial charge in [-0.1, -0.05) is 12.1 Å². The topological polar surface area (TPSA) is 88.5 Å². The first-order chi connectivity index (χ1) is 12.7. The lowest BCUT2D eigenvalue weighted by atomic mass is 10.1. The highest BCUT2D eigenvalue weighted by molar-refractivity contribution is 6.02. The lowest BCUT2D eigenvalue weighted by Crippen LogP contribution is -2.07. The van der Waals surface area contributed by atoms with Gasteiger partial charge in [-0.05, 0) is 48.5 Å². The predicted octanol–water partition coefficient (Wildman–Crippen LogP) is 4.45. The van der Waals surface area contributed by atoms with Crippen molar-refractivity contribution in [1.29, 1.82) is 0 Å². The summed E-state index contributed by atoms with van der Waals surface area (Å²) < 4.78 is 10.8. The molecule has 0 aliphatic rings. The lowest BCUT2D eigenvalue weighted by Gasteiger charge is -2.05. The second-order valence-corrected chi connectivity index (χ2v) is 5.56. The molecule has 6 nitrogen and oxygen atoms in total. The molecule has 6 heteroatoms. The standard InChI is InChI=1S/C20H14N2O4/c23-17-9-7-13(21-19(24)10-8-14-4-3-11-25-14)12-15(17)20-22-16-5-1-2-6-18(16)26-20/h1-12,23H,(H,21,24). The third kappa shape index (κ3) is 3.21. The van der Waals surface area contributed by atoms with Gasteiger partial charge in [0.05, 0.1) is 11.8 Å². The minimum Gasteiger partial charge on any atom is -0.507 e. The first-order valence-corrected chi connectivity index (χ1v) is 7.90. The van der Waals surface area contributed by atoms with Gasteiger partial charge in [-0.3, -0.25) is 4.79 Å². The first kappa shape index (κ1) is 15.7. The van der Waals surface area contributed by atoms with Crippen LogP contribution in [0.25, 0.3) is 28.6 Å². The second kappa shape index (κ2) is 6.60. The molecule has 4 rings (SSSR count). The van der Waals surface area contributed by atoms with Crippen LogP contribution in [-0.4, -0.2) is 16.0 Å². The van der Waals surface area contributed by atoms with Gasteiger partial charge < -0.3 is 19.3 Å². The van der Waals surface area contributed by atoms with E-state index >= 15 is 0 Å². The molecule has 0 radical (unpaired) electrons. The molecule has 26 heavy (non-hydrogen) atoms. The van der Waals surface area contributed by atoms with Gasteiger partial charge in [0.15, 0.2) is 5.58 Å². The Morgan fingerprint density at radius 1 is 1.12 bits per heavy atom. The van der Waals surface area contributed by atoms with Crippen molar-refractivity contribution in [3.8, 4) is 17.2 Å². The maximum absolute atomic E-state index is 12.0. The van der Waals surface area contributed by atoms with Gasteiger partial charge in [-0.25, -0.2) is 4.98 Å². The minimum atomic E-state index is -0.324. The number of hydrogen-bond donors (Lipinski definition) is 2. The maximum atomic E-state index is 12.0. The fourth-order valence-electron chi connectivity index (χ4n) is 2.50. The number of oxazole rings is 1. The molecule has 1 amide bonds. The predicted molar refractivity (Wildman–Crippen MR) is 97.5 cm³/mol. The van der Waals surface area contributed by atoms with Crippen molar-refractivity contribution in [2.24, 2.45) is 0 Å². The third-order valence-electron chi connectivity index (χ3n) is 3.73. The summed E-state index contributed by atoms with van der Waals surface area (Å²) >= 11 is 0. The van der Waals surface area contributed by atoms with Crippen LogP contribution in [0.5, 0.6) is 5.75 Å². The van der Waals surface area contributed by atoms with Crippen LogP contribution in [0.2, 0.25) is 0 Å². The zero-order valence-corrected chi connectivity index (χ0v) is 13.5. The van der Waals surface area contributed by atoms with E-state index in [1.807, 2.05) is 18.2 Å². The van der Waals surface area contributed by atoms with Crippen LogP contribution in [0, 0.1) is 0 Å². The normalized spacial score (nSPS) is 11.2. The van der Waals surface area contributed by atoms with Gasteiger partial charge in [-0.15, -0.1) is 0 Å². The monoisotopic (exact) mass is 346 g/mol. The van der Waals surface area contributed by atoms with E-state index in [1.165, 1.54) is 18.4 Å². The van der Waals surface area contributed by atoms with Crippen molar-refractivity contribution >= 4 is 28.8 Å². The van der Waals surface area contributed by atoms with Gasteiger partial charge >= 0.3 is 0 Å². The Bertz CT molecular complexity index is 1060. The molecule has 0 atom stereocenters. The SMILES string of the molecule is O=C(C=Cc1ccco1)Nc1ccc(O)c(-c2nc3ccccc3o2)c1. The fraction of sp³-hybridized carbons (Fsp3) is 0. The van der Waals surface area contributed by atoms with Crippen molar-refractivity contribution < 1.29 is 18.7 Å². The zero-order chi connectivity index (χ0) is 17.9. The van der Waals surface area contributed by atoms with Crippen LogP contribution in [0.15, 0.2) is 75.8 Å². The van der Waals surface area contributed by atoms with Crippen LogP contribution in [0.3, 0.4) is 0 Å². The van der Waals surface area contributed by atoms with Gasteiger partial charge in [0.25, 0.3) is 0 Å². The molecule has 2 heterocycles. The van der Waals surface area contributed by atoms with Gasteiger partial charge in [-0.2, -0.15) is 0 Å². The first-order valence-electron chi connectivity index (χ1n) is 7.90. The van der Waals surface area contributed by atoms with E-state index in [2.05, 4.69) is 10.3 Å². The van der Waals surface area contributed by atoms with Gasteiger partial charge in [0, 0.05) is 11.8 Å². The molecule has 0 unspecified atom stereocenters. The Balaban J connectivity index is 1.58. The number of aromatic hydroxyl groups is 1. The number of hydrogen-bond acceptors (Lipinski definition) is 5. The summed E-state index contributed by atoms with van der Waals surface area (Å²) in [6.07, 6.45) is 4.46. The average molecular weight is 346 g/mol. The Kier molecular flexibility index (Phi) is 3.99. The van der Waals surface area contributed by atoms with E-state index in [1.54, 1.807) is 36.4 Å². The van der Waals surface area contributed by atoms with E-state index in [0.29, 0.717) is 28.1 Å². The number of carbonyl (C=O) groups excluding carboxylic acids is 1. The van der Waals surface area contributed by atoms with Gasteiger partial charge in [0.1, 0.15) is 17.0 Å². The molecule has 2 aromatic heterocycles. The Hall–Kier alpha value is -3.80. The average Bonchev–Trinajstić information content (AvgIpc) is 3.31. The van der Waals surface area contributed by atoms with Crippen molar-refractivity contribution in [2.75, 3.05) is 5.32 Å². The highest BCUT2D eigenvalue weighted by Crippen LogP contribution is 2.33. The highest BCUT2D eigenvalue weighted by atomic mass is 16.3. The van der Waals surface area contributed by atoms with Crippen LogP contribution >= 0.6 is 0 Å². The molecule has 0 aliphatic carbocycles. The largest absolute Gasteiger partial charge is 0.507 e. The number of phenolic OH excluding ortho intramolecular Hbond substituents is 1. The number of nitrogens with zero attached hydrogens (tertiary/aromatic N) is 1. The summed E-state index contributed by atoms with van der Waals surface area (Å²) in [4.78, 5) is 16.4. The van der Waals surface area contributed by atoms with Gasteiger partial charge in [0.2, 0.25) is 11.8 Å². The third-order valence-corrected chi connectivity index (χ3v) is 3.73. The summed E-state index contributed by atoms with van der Waals surface area (Å²) in [6, 6.07) is 15.5. The number of benzene rings is 2. The molecule has 0 saturated heterocycles. The van der Waals surface area contributed by atoms with Crippen molar-refractivity contribution in [3.63, 3.8) is 0 Å². The van der Waals surface area contributed by atoms with E-state index in [-0.39, 0.29) is 17.5 Å². The molecule has 0 saturated carbocycles. The smallest absolute Gasteiger partial charge is 0.248 e. The lowest BCUT2D eigenvalue weighted by molar-refractivity contribution is -0.111. The molecular formula is C20H14N2O4. The quantitative estimate of drug-likeness (QED) is 0.421. The second-order valence-electron chi connectivity index (χ2n) is 5.56. The number of para-hydroxylation sites is 2. The fourth-order valence-corrected chi connectivity index (χ4v) is 2.50. The van der Waals surface area contributed by atoms with E-state index < -0.39 is 0 Å². The molecular weight excluding hydrogens is 332 g/mol. The molecule has 128 valence electrons. The number of furan rings is 1. The van der Waals surface area contributed by atoms with Crippen LogP contribution in [0.4, 0.5) is 5.69 Å². The molecule has 0 bridgehead atoms. The number of aromatic nitrogens is 1. The maximum Gasteiger partial charge on any atom is 0.248 e. The number of amides is 1. The molecule has 2 aromatic carbocycles. The van der Waals surface area contributed by atoms with Crippen LogP contribution in [0.1, 0.15) is 5.76 Å². The van der Waals surface area contributed by atoms with E-state index in [0.717, 1.165) is 0 Å². The summed E-state index contributed by atoms with van der Waals surface area (Å²) in [5, 5.41) is 12.9. The minimum absolute atomic E-state index is 0.0145. The number of nitrogens with one attached hydrogen (secondary N) is 1. The van der Waals surface area contributed by atoms with E-state index in [4.69, 9.17) is 8.83 Å². The van der Waals surface area contributed by atoms with Crippen molar-refractivity contribution in [1.82, 2.24) is 4.98 Å². The number of anilines is 1. The summed E-state index contributed by atoms with van der Waals surface area (Å²) in [7, 11) is 0. The van der Waals surface area contributed by atoms with Crippen LogP contribution in [-0.2, 0) is 4.79 Å². The van der Waals surface area contributed by atoms with Crippen LogP contribution < -0.4 is 5.32 Å². The Morgan fingerprint density at radius 3 is 2.81 bits per heavy atom. The number of phenols is 1. The van der Waals surface area contributed by atoms with Crippen molar-refractivity contribution in [2.45, 2.75) is 0 Å². The summed E-state index contributed by atoms with van der Waals surface area (Å²) in [6.45, 7) is 0. The molecule has 2 N–H and O–H groups in total. The summed E-state index contributed by atoms with van der Waals surface area (Å²) in [5.41, 5.74) is 2.22. The Morgan fingerprint density at radius 2 is 2.00 bits per heavy atom. The van der Waals surface area contributed by atoms with Crippen molar-refractivity contribution in [3.05, 3.63) is 72.7 Å². The molecule has 0 spiro atoms. The molecule has 0 aliphatic heterocycles. The molecule has 0 fully saturated rings.